The summed E-state index contributed by atoms with van der Waals surface area (Å²) in [4.78, 5) is 25.5. The van der Waals surface area contributed by atoms with Gasteiger partial charge in [0.05, 0.1) is 10.4 Å². The molecule has 5 nitrogen and oxygen atoms in total. The Morgan fingerprint density at radius 3 is 2.88 bits per heavy atom. The fourth-order valence-corrected chi connectivity index (χ4v) is 2.92. The maximum atomic E-state index is 12.2. The number of thiophene rings is 1. The van der Waals surface area contributed by atoms with Gasteiger partial charge in [0.25, 0.3) is 5.91 Å². The summed E-state index contributed by atoms with van der Waals surface area (Å²) in [6.45, 7) is 1.23. The highest BCUT2D eigenvalue weighted by molar-refractivity contribution is 7.12. The third-order valence-electron chi connectivity index (χ3n) is 3.00. The van der Waals surface area contributed by atoms with Crippen LogP contribution in [0.25, 0.3) is 0 Å². The number of likely N-dealkylation sites (tertiary alicyclic amines) is 1. The molecule has 0 spiro atoms. The van der Waals surface area contributed by atoms with Crippen LogP contribution in [0.15, 0.2) is 11.4 Å². The van der Waals surface area contributed by atoms with Gasteiger partial charge < -0.3 is 16.4 Å². The second-order valence-electron chi connectivity index (χ2n) is 4.09. The van der Waals surface area contributed by atoms with E-state index in [1.165, 1.54) is 11.3 Å². The molecule has 1 aliphatic heterocycles. The minimum atomic E-state index is -0.503. The number of nitrogens with two attached hydrogens (primary N) is 2. The van der Waals surface area contributed by atoms with Crippen molar-refractivity contribution in [3.63, 3.8) is 0 Å². The molecule has 0 saturated carbocycles. The zero-order valence-electron chi connectivity index (χ0n) is 9.39. The standard InChI is InChI=1S/C11H15N3O2S/c12-5-8-2-1-3-14(8)11(16)9-4-7(6-17-9)10(13)15/h4,6,8H,1-3,5,12H2,(H2,13,15). The molecule has 2 rings (SSSR count). The number of amides is 2. The van der Waals surface area contributed by atoms with Crippen molar-refractivity contribution >= 4 is 23.2 Å². The summed E-state index contributed by atoms with van der Waals surface area (Å²) in [5.74, 6) is -0.549. The molecule has 1 unspecified atom stereocenters. The smallest absolute Gasteiger partial charge is 0.264 e. The fraction of sp³-hybridized carbons (Fsp3) is 0.455. The van der Waals surface area contributed by atoms with E-state index in [-0.39, 0.29) is 11.9 Å². The minimum absolute atomic E-state index is 0.0459. The predicted octanol–water partition coefficient (Wildman–Crippen LogP) is 0.410. The molecule has 1 fully saturated rings. The maximum Gasteiger partial charge on any atom is 0.264 e. The molecular formula is C11H15N3O2S. The molecule has 92 valence electrons. The first kappa shape index (κ1) is 12.1. The highest BCUT2D eigenvalue weighted by Gasteiger charge is 2.29. The van der Waals surface area contributed by atoms with Crippen LogP contribution in [-0.4, -0.2) is 35.8 Å². The summed E-state index contributed by atoms with van der Waals surface area (Å²) in [6.07, 6.45) is 1.94. The molecule has 0 bridgehead atoms. The fourth-order valence-electron chi connectivity index (χ4n) is 2.07. The van der Waals surface area contributed by atoms with Crippen LogP contribution in [-0.2, 0) is 0 Å². The van der Waals surface area contributed by atoms with Gasteiger partial charge in [0.1, 0.15) is 0 Å². The Balaban J connectivity index is 2.16. The Hall–Kier alpha value is -1.40. The summed E-state index contributed by atoms with van der Waals surface area (Å²) in [7, 11) is 0. The van der Waals surface area contributed by atoms with Gasteiger partial charge in [-0.1, -0.05) is 0 Å². The van der Waals surface area contributed by atoms with E-state index in [0.717, 1.165) is 19.4 Å². The first-order valence-electron chi connectivity index (χ1n) is 5.53. The van der Waals surface area contributed by atoms with Crippen molar-refractivity contribution in [2.75, 3.05) is 13.1 Å². The third-order valence-corrected chi connectivity index (χ3v) is 3.92. The van der Waals surface area contributed by atoms with Crippen LogP contribution in [0.5, 0.6) is 0 Å². The van der Waals surface area contributed by atoms with Gasteiger partial charge in [-0.05, 0) is 18.9 Å². The molecule has 6 heteroatoms. The number of hydrogen-bond acceptors (Lipinski definition) is 4. The monoisotopic (exact) mass is 253 g/mol. The van der Waals surface area contributed by atoms with Crippen LogP contribution in [0.3, 0.4) is 0 Å². The zero-order valence-corrected chi connectivity index (χ0v) is 10.2. The molecule has 2 heterocycles. The molecule has 1 aromatic rings. The number of carbonyl (C=O) groups excluding carboxylic acids is 2. The number of carbonyl (C=O) groups is 2. The van der Waals surface area contributed by atoms with E-state index < -0.39 is 5.91 Å². The Kier molecular flexibility index (Phi) is 3.44. The number of hydrogen-bond donors (Lipinski definition) is 2. The second-order valence-corrected chi connectivity index (χ2v) is 5.01. The quantitative estimate of drug-likeness (QED) is 0.817. The lowest BCUT2D eigenvalue weighted by Gasteiger charge is -2.22. The maximum absolute atomic E-state index is 12.2. The van der Waals surface area contributed by atoms with Gasteiger partial charge in [-0.3, -0.25) is 9.59 Å². The van der Waals surface area contributed by atoms with Gasteiger partial charge in [-0.25, -0.2) is 0 Å². The van der Waals surface area contributed by atoms with Gasteiger partial charge in [0.15, 0.2) is 0 Å². The largest absolute Gasteiger partial charge is 0.366 e. The van der Waals surface area contributed by atoms with Crippen LogP contribution < -0.4 is 11.5 Å². The molecule has 17 heavy (non-hydrogen) atoms. The van der Waals surface area contributed by atoms with Crippen LogP contribution >= 0.6 is 11.3 Å². The molecule has 1 aliphatic rings. The molecule has 2 amide bonds. The molecule has 1 atom stereocenters. The van der Waals surface area contributed by atoms with Crippen molar-refractivity contribution in [3.8, 4) is 0 Å². The summed E-state index contributed by atoms with van der Waals surface area (Å²) >= 11 is 1.25. The number of primary amides is 1. The van der Waals surface area contributed by atoms with Gasteiger partial charge in [0, 0.05) is 24.5 Å². The van der Waals surface area contributed by atoms with E-state index in [1.54, 1.807) is 16.3 Å². The van der Waals surface area contributed by atoms with E-state index in [9.17, 15) is 9.59 Å². The van der Waals surface area contributed by atoms with Gasteiger partial charge in [0.2, 0.25) is 5.91 Å². The normalized spacial score (nSPS) is 19.6. The summed E-state index contributed by atoms with van der Waals surface area (Å²) in [6, 6.07) is 1.68. The summed E-state index contributed by atoms with van der Waals surface area (Å²) < 4.78 is 0. The Morgan fingerprint density at radius 2 is 2.29 bits per heavy atom. The van der Waals surface area contributed by atoms with Crippen LogP contribution in [0, 0.1) is 0 Å². The lowest BCUT2D eigenvalue weighted by molar-refractivity contribution is 0.0746. The minimum Gasteiger partial charge on any atom is -0.366 e. The number of nitrogens with zero attached hydrogens (tertiary/aromatic N) is 1. The molecule has 0 radical (unpaired) electrons. The Bertz CT molecular complexity index is 444. The van der Waals surface area contributed by atoms with Crippen molar-refractivity contribution in [2.24, 2.45) is 11.5 Å². The van der Waals surface area contributed by atoms with E-state index >= 15 is 0 Å². The predicted molar refractivity (Wildman–Crippen MR) is 65.9 cm³/mol. The van der Waals surface area contributed by atoms with Gasteiger partial charge >= 0.3 is 0 Å². The van der Waals surface area contributed by atoms with E-state index in [2.05, 4.69) is 0 Å². The lowest BCUT2D eigenvalue weighted by Crippen LogP contribution is -2.39. The average molecular weight is 253 g/mol. The van der Waals surface area contributed by atoms with Crippen molar-refractivity contribution in [2.45, 2.75) is 18.9 Å². The van der Waals surface area contributed by atoms with E-state index in [1.807, 2.05) is 0 Å². The Morgan fingerprint density at radius 1 is 1.53 bits per heavy atom. The molecular weight excluding hydrogens is 238 g/mol. The molecule has 0 aromatic carbocycles. The van der Waals surface area contributed by atoms with E-state index in [0.29, 0.717) is 17.0 Å². The topological polar surface area (TPSA) is 89.4 Å². The van der Waals surface area contributed by atoms with Gasteiger partial charge in [-0.15, -0.1) is 11.3 Å². The van der Waals surface area contributed by atoms with Crippen LogP contribution in [0.2, 0.25) is 0 Å². The number of rotatable bonds is 3. The summed E-state index contributed by atoms with van der Waals surface area (Å²) in [5, 5.41) is 1.61. The average Bonchev–Trinajstić information content (AvgIpc) is 2.96. The first-order valence-corrected chi connectivity index (χ1v) is 6.41. The van der Waals surface area contributed by atoms with Crippen LogP contribution in [0.4, 0.5) is 0 Å². The first-order chi connectivity index (χ1) is 8.13. The van der Waals surface area contributed by atoms with Crippen molar-refractivity contribution in [1.82, 2.24) is 4.90 Å². The van der Waals surface area contributed by atoms with Crippen molar-refractivity contribution in [3.05, 3.63) is 21.9 Å². The third kappa shape index (κ3) is 2.32. The SMILES string of the molecule is NCC1CCCN1C(=O)c1cc(C(N)=O)cs1. The molecule has 0 aliphatic carbocycles. The molecule has 1 saturated heterocycles. The Labute approximate surface area is 103 Å². The highest BCUT2D eigenvalue weighted by Crippen LogP contribution is 2.22. The van der Waals surface area contributed by atoms with Crippen LogP contribution in [0.1, 0.15) is 32.9 Å². The van der Waals surface area contributed by atoms with Crippen molar-refractivity contribution < 1.29 is 9.59 Å². The van der Waals surface area contributed by atoms with Gasteiger partial charge in [-0.2, -0.15) is 0 Å². The zero-order chi connectivity index (χ0) is 12.4. The second kappa shape index (κ2) is 4.85. The van der Waals surface area contributed by atoms with Crippen molar-refractivity contribution in [1.29, 1.82) is 0 Å². The molecule has 4 N–H and O–H groups in total. The van der Waals surface area contributed by atoms with E-state index in [4.69, 9.17) is 11.5 Å². The lowest BCUT2D eigenvalue weighted by atomic mass is 10.2. The highest BCUT2D eigenvalue weighted by atomic mass is 32.1. The molecule has 1 aromatic heterocycles. The summed E-state index contributed by atoms with van der Waals surface area (Å²) in [5.41, 5.74) is 11.2.